The summed E-state index contributed by atoms with van der Waals surface area (Å²) in [6.45, 7) is -0.217. The molecule has 2 aromatic heterocycles. The van der Waals surface area contributed by atoms with E-state index < -0.39 is 40.0 Å². The zero-order valence-electron chi connectivity index (χ0n) is 21.3. The lowest BCUT2D eigenvalue weighted by Gasteiger charge is -2.15. The number of aromatic nitrogens is 2. The second-order valence-electron chi connectivity index (χ2n) is 10.1. The third-order valence-electron chi connectivity index (χ3n) is 7.72. The van der Waals surface area contributed by atoms with Gasteiger partial charge in [-0.15, -0.1) is 0 Å². The summed E-state index contributed by atoms with van der Waals surface area (Å²) in [4.78, 5) is 26.7. The van der Waals surface area contributed by atoms with Gasteiger partial charge < -0.3 is 9.13 Å². The molecule has 0 saturated heterocycles. The minimum atomic E-state index is -5.69. The maximum atomic E-state index is 13.4. The van der Waals surface area contributed by atoms with Crippen LogP contribution >= 0.6 is 0 Å². The average Bonchev–Trinajstić information content (AvgIpc) is 3.43. The topological polar surface area (TPSA) is 99.4 Å². The molecule has 2 aliphatic heterocycles. The van der Waals surface area contributed by atoms with Crippen molar-refractivity contribution in [1.29, 1.82) is 0 Å². The van der Waals surface area contributed by atoms with Gasteiger partial charge in [-0.1, -0.05) is 36.4 Å². The van der Waals surface area contributed by atoms with E-state index in [9.17, 15) is 31.2 Å². The Balaban J connectivity index is 1.47. The lowest BCUT2D eigenvalue weighted by Crippen LogP contribution is -2.27. The summed E-state index contributed by atoms with van der Waals surface area (Å²) >= 11 is 0. The fourth-order valence-electron chi connectivity index (χ4n) is 5.86. The number of alkyl halides is 3. The van der Waals surface area contributed by atoms with Crippen molar-refractivity contribution >= 4 is 54.9 Å². The van der Waals surface area contributed by atoms with Gasteiger partial charge in [-0.3, -0.25) is 19.1 Å². The first kappa shape index (κ1) is 26.3. The Morgan fingerprint density at radius 3 is 2.33 bits per heavy atom. The van der Waals surface area contributed by atoms with Crippen LogP contribution in [-0.4, -0.2) is 41.5 Å². The number of amides is 2. The summed E-state index contributed by atoms with van der Waals surface area (Å²) in [5, 5.41) is 4.06. The number of nitrogens with zero attached hydrogens (tertiary/aromatic N) is 2. The fourth-order valence-corrected chi connectivity index (χ4v) is 6.36. The Hall–Kier alpha value is -3.90. The molecule has 0 spiro atoms. The predicted molar refractivity (Wildman–Crippen MR) is 142 cm³/mol. The fraction of sp³-hybridized carbons (Fsp3) is 0.286. The van der Waals surface area contributed by atoms with E-state index in [1.54, 1.807) is 0 Å². The van der Waals surface area contributed by atoms with Gasteiger partial charge in [0.15, 0.2) is 0 Å². The molecule has 2 aromatic carbocycles. The first-order chi connectivity index (χ1) is 19.0. The number of nitrogens with one attached hydrogen (secondary N) is 1. The van der Waals surface area contributed by atoms with Crippen LogP contribution in [0.25, 0.3) is 33.0 Å². The first-order valence-electron chi connectivity index (χ1n) is 12.7. The number of carbonyl (C=O) groups is 2. The highest BCUT2D eigenvalue weighted by molar-refractivity contribution is 7.87. The maximum Gasteiger partial charge on any atom is 0.523 e. The summed E-state index contributed by atoms with van der Waals surface area (Å²) in [6.07, 6.45) is 2.88. The Morgan fingerprint density at radius 2 is 1.60 bits per heavy atom. The maximum absolute atomic E-state index is 13.4. The number of para-hydroxylation sites is 2. The Kier molecular flexibility index (Phi) is 6.15. The third-order valence-corrected chi connectivity index (χ3v) is 8.73. The monoisotopic (exact) mass is 571 g/mol. The van der Waals surface area contributed by atoms with Crippen LogP contribution in [0.1, 0.15) is 29.7 Å². The van der Waals surface area contributed by atoms with Gasteiger partial charge >= 0.3 is 15.6 Å². The molecule has 0 aliphatic carbocycles. The molecule has 12 heteroatoms. The second kappa shape index (κ2) is 9.34. The van der Waals surface area contributed by atoms with Crippen molar-refractivity contribution in [2.24, 2.45) is 13.0 Å². The molecule has 40 heavy (non-hydrogen) atoms. The Labute approximate surface area is 227 Å². The van der Waals surface area contributed by atoms with Crippen molar-refractivity contribution in [3.8, 4) is 0 Å². The molecule has 4 aromatic rings. The molecule has 0 saturated carbocycles. The first-order valence-corrected chi connectivity index (χ1v) is 14.1. The van der Waals surface area contributed by atoms with E-state index in [0.717, 1.165) is 27.5 Å². The smallest absolute Gasteiger partial charge is 0.350 e. The van der Waals surface area contributed by atoms with E-state index in [2.05, 4.69) is 9.50 Å². The van der Waals surface area contributed by atoms with Gasteiger partial charge in [-0.05, 0) is 37.3 Å². The number of fused-ring (bicyclic) bond motifs is 4. The minimum absolute atomic E-state index is 0.251. The highest BCUT2D eigenvalue weighted by atomic mass is 32.2. The summed E-state index contributed by atoms with van der Waals surface area (Å²) < 4.78 is 69.5. The summed E-state index contributed by atoms with van der Waals surface area (Å²) in [7, 11) is -3.83. The Morgan fingerprint density at radius 1 is 0.950 bits per heavy atom. The highest BCUT2D eigenvalue weighted by Gasteiger charge is 2.47. The van der Waals surface area contributed by atoms with E-state index in [1.807, 2.05) is 70.9 Å². The van der Waals surface area contributed by atoms with Gasteiger partial charge in [-0.25, -0.2) is 0 Å². The van der Waals surface area contributed by atoms with Crippen molar-refractivity contribution in [2.75, 3.05) is 6.61 Å². The quantitative estimate of drug-likeness (QED) is 0.216. The van der Waals surface area contributed by atoms with Crippen molar-refractivity contribution in [3.63, 3.8) is 0 Å². The molecular weight excluding hydrogens is 547 g/mol. The number of hydrogen-bond donors (Lipinski definition) is 1. The molecule has 1 unspecified atom stereocenters. The van der Waals surface area contributed by atoms with E-state index in [0.29, 0.717) is 36.9 Å². The Bertz CT molecular complexity index is 1850. The molecule has 8 nitrogen and oxygen atoms in total. The van der Waals surface area contributed by atoms with E-state index in [1.165, 1.54) is 0 Å². The standard InChI is InChI=1S/C28H24F3N3O5S/c1-33-14-19(17-6-2-4-8-20(17)33)24-25(27(36)32-26(24)35)23-18-7-3-5-9-21(18)34-13-12-16(10-11-22(23)34)15-39-40(37,38)28(29,30)31/h2-9,14,16H,10-13,15H2,1H3,(H,32,35,36). The SMILES string of the molecule is Cn1cc(C2=C(c3c4n(c5ccccc35)CCC(COS(=O)(=O)C(F)(F)F)CC4)C(=O)NC2=O)c2ccccc21. The van der Waals surface area contributed by atoms with Crippen molar-refractivity contribution < 1.29 is 35.4 Å². The van der Waals surface area contributed by atoms with Gasteiger partial charge in [0.25, 0.3) is 11.8 Å². The van der Waals surface area contributed by atoms with Crippen LogP contribution in [0.15, 0.2) is 54.7 Å². The molecule has 4 heterocycles. The van der Waals surface area contributed by atoms with Gasteiger partial charge in [0.2, 0.25) is 0 Å². The number of imide groups is 1. The number of benzene rings is 2. The summed E-state index contributed by atoms with van der Waals surface area (Å²) in [5.74, 6) is -1.49. The number of carbonyl (C=O) groups excluding carboxylic acids is 2. The van der Waals surface area contributed by atoms with Crippen molar-refractivity contribution in [1.82, 2.24) is 14.5 Å². The number of halogens is 3. The molecule has 2 aliphatic rings. The third kappa shape index (κ3) is 4.13. The van der Waals surface area contributed by atoms with E-state index >= 15 is 0 Å². The highest BCUT2D eigenvalue weighted by Crippen LogP contribution is 2.42. The number of aryl methyl sites for hydroxylation is 2. The van der Waals surface area contributed by atoms with Crippen molar-refractivity contribution in [2.45, 2.75) is 31.3 Å². The molecule has 1 N–H and O–H groups in total. The molecule has 2 amide bonds. The molecule has 0 radical (unpaired) electrons. The zero-order chi connectivity index (χ0) is 28.4. The summed E-state index contributed by atoms with van der Waals surface area (Å²) in [5.41, 5.74) is -1.27. The number of hydrogen-bond acceptors (Lipinski definition) is 5. The molecule has 1 atom stereocenters. The summed E-state index contributed by atoms with van der Waals surface area (Å²) in [6, 6.07) is 15.0. The lowest BCUT2D eigenvalue weighted by atomic mass is 9.92. The minimum Gasteiger partial charge on any atom is -0.350 e. The van der Waals surface area contributed by atoms with Crippen LogP contribution in [-0.2, 0) is 43.9 Å². The van der Waals surface area contributed by atoms with Crippen LogP contribution in [0, 0.1) is 5.92 Å². The van der Waals surface area contributed by atoms with Gasteiger partial charge in [-0.2, -0.15) is 21.6 Å². The largest absolute Gasteiger partial charge is 0.523 e. The van der Waals surface area contributed by atoms with Crippen molar-refractivity contribution in [3.05, 3.63) is 71.5 Å². The van der Waals surface area contributed by atoms with E-state index in [4.69, 9.17) is 0 Å². The van der Waals surface area contributed by atoms with Crippen LogP contribution in [0.3, 0.4) is 0 Å². The normalized spacial score (nSPS) is 18.4. The van der Waals surface area contributed by atoms with Crippen LogP contribution in [0.4, 0.5) is 13.2 Å². The van der Waals surface area contributed by atoms with Crippen LogP contribution in [0.5, 0.6) is 0 Å². The van der Waals surface area contributed by atoms with Gasteiger partial charge in [0.05, 0.1) is 17.8 Å². The molecular formula is C28H24F3N3O5S. The molecule has 208 valence electrons. The molecule has 0 fully saturated rings. The number of rotatable bonds is 5. The molecule has 6 rings (SSSR count). The van der Waals surface area contributed by atoms with Gasteiger partial charge in [0.1, 0.15) is 0 Å². The molecule has 0 bridgehead atoms. The van der Waals surface area contributed by atoms with Gasteiger partial charge in [0, 0.05) is 58.4 Å². The predicted octanol–water partition coefficient (Wildman–Crippen LogP) is 4.52. The average molecular weight is 572 g/mol. The second-order valence-corrected chi connectivity index (χ2v) is 11.7. The van der Waals surface area contributed by atoms with E-state index in [-0.39, 0.29) is 11.1 Å². The van der Waals surface area contributed by atoms with Crippen LogP contribution < -0.4 is 5.32 Å². The zero-order valence-corrected chi connectivity index (χ0v) is 22.1. The van der Waals surface area contributed by atoms with Crippen LogP contribution in [0.2, 0.25) is 0 Å². The lowest BCUT2D eigenvalue weighted by molar-refractivity contribution is -0.122.